The Labute approximate surface area is 143 Å². The number of sulfonamides is 1. The maximum atomic E-state index is 12.6. The van der Waals surface area contributed by atoms with Gasteiger partial charge in [0.1, 0.15) is 0 Å². The van der Waals surface area contributed by atoms with Crippen LogP contribution in [0.15, 0.2) is 53.4 Å². The molecule has 0 radical (unpaired) electrons. The van der Waals surface area contributed by atoms with Crippen LogP contribution in [0, 0.1) is 13.8 Å². The molecule has 2 aromatic carbocycles. The number of carbonyl (C=O) groups excluding carboxylic acids is 1. The minimum absolute atomic E-state index is 0.198. The summed E-state index contributed by atoms with van der Waals surface area (Å²) in [6.45, 7) is 3.94. The molecule has 1 N–H and O–H groups in total. The molecule has 0 aromatic heterocycles. The fourth-order valence-corrected chi connectivity index (χ4v) is 3.41. The van der Waals surface area contributed by atoms with Crippen molar-refractivity contribution in [3.63, 3.8) is 0 Å². The molecule has 0 atom stereocenters. The highest BCUT2D eigenvalue weighted by molar-refractivity contribution is 7.89. The zero-order valence-electron chi connectivity index (χ0n) is 14.1. The zero-order valence-corrected chi connectivity index (χ0v) is 14.9. The van der Waals surface area contributed by atoms with Gasteiger partial charge in [0.25, 0.3) is 0 Å². The summed E-state index contributed by atoms with van der Waals surface area (Å²) in [7, 11) is -2.27. The molecule has 5 nitrogen and oxygen atoms in total. The van der Waals surface area contributed by atoms with Crippen molar-refractivity contribution in [3.05, 3.63) is 65.2 Å². The standard InChI is InChI=1S/C18H22N2O3S/c1-14-9-10-17(11-15(14)2)24(22,23)20(3)13-18(21)19-12-16-7-5-4-6-8-16/h4-11H,12-13H2,1-3H3,(H,19,21). The Morgan fingerprint density at radius 1 is 1.04 bits per heavy atom. The highest BCUT2D eigenvalue weighted by atomic mass is 32.2. The second-order valence-corrected chi connectivity index (χ2v) is 7.81. The van der Waals surface area contributed by atoms with E-state index in [0.717, 1.165) is 21.0 Å². The molecule has 0 unspecified atom stereocenters. The largest absolute Gasteiger partial charge is 0.351 e. The molecule has 0 bridgehead atoms. The van der Waals surface area contributed by atoms with Gasteiger partial charge in [-0.2, -0.15) is 4.31 Å². The molecule has 128 valence electrons. The molecule has 6 heteroatoms. The van der Waals surface area contributed by atoms with Crippen molar-refractivity contribution in [1.29, 1.82) is 0 Å². The molecule has 0 aliphatic carbocycles. The molecule has 0 spiro atoms. The lowest BCUT2D eigenvalue weighted by molar-refractivity contribution is -0.121. The number of hydrogen-bond acceptors (Lipinski definition) is 3. The van der Waals surface area contributed by atoms with Gasteiger partial charge in [0.05, 0.1) is 11.4 Å². The molecule has 0 aliphatic rings. The molecule has 24 heavy (non-hydrogen) atoms. The number of amides is 1. The topological polar surface area (TPSA) is 66.5 Å². The van der Waals surface area contributed by atoms with Crippen LogP contribution in [0.25, 0.3) is 0 Å². The van der Waals surface area contributed by atoms with Gasteiger partial charge in [-0.1, -0.05) is 36.4 Å². The first kappa shape index (κ1) is 18.2. The monoisotopic (exact) mass is 346 g/mol. The minimum Gasteiger partial charge on any atom is -0.351 e. The number of benzene rings is 2. The van der Waals surface area contributed by atoms with Crippen LogP contribution in [-0.2, 0) is 21.4 Å². The minimum atomic E-state index is -3.68. The van der Waals surface area contributed by atoms with E-state index in [1.54, 1.807) is 18.2 Å². The Balaban J connectivity index is 2.00. The van der Waals surface area contributed by atoms with Crippen molar-refractivity contribution in [2.45, 2.75) is 25.3 Å². The van der Waals surface area contributed by atoms with Gasteiger partial charge in [0.15, 0.2) is 0 Å². The summed E-state index contributed by atoms with van der Waals surface area (Å²) >= 11 is 0. The van der Waals surface area contributed by atoms with Crippen LogP contribution in [0.2, 0.25) is 0 Å². The van der Waals surface area contributed by atoms with Crippen molar-refractivity contribution in [3.8, 4) is 0 Å². The van der Waals surface area contributed by atoms with Gasteiger partial charge in [-0.3, -0.25) is 4.79 Å². The maximum absolute atomic E-state index is 12.6. The Morgan fingerprint density at radius 3 is 2.33 bits per heavy atom. The van der Waals surface area contributed by atoms with Gasteiger partial charge in [-0.25, -0.2) is 8.42 Å². The van der Waals surface area contributed by atoms with Gasteiger partial charge < -0.3 is 5.32 Å². The first-order valence-corrected chi connectivity index (χ1v) is 9.09. The molecule has 0 saturated carbocycles. The van der Waals surface area contributed by atoms with Crippen molar-refractivity contribution in [2.24, 2.45) is 0 Å². The van der Waals surface area contributed by atoms with Crippen LogP contribution in [-0.4, -0.2) is 32.2 Å². The fraction of sp³-hybridized carbons (Fsp3) is 0.278. The number of hydrogen-bond donors (Lipinski definition) is 1. The molecule has 2 aromatic rings. The molecular weight excluding hydrogens is 324 g/mol. The summed E-state index contributed by atoms with van der Waals surface area (Å²) in [5.41, 5.74) is 2.89. The van der Waals surface area contributed by atoms with E-state index < -0.39 is 10.0 Å². The van der Waals surface area contributed by atoms with Gasteiger partial charge in [0.2, 0.25) is 15.9 Å². The summed E-state index contributed by atoms with van der Waals surface area (Å²) in [6.07, 6.45) is 0. The summed E-state index contributed by atoms with van der Waals surface area (Å²) in [4.78, 5) is 12.2. The van der Waals surface area contributed by atoms with Gasteiger partial charge >= 0.3 is 0 Å². The molecule has 1 amide bonds. The lowest BCUT2D eigenvalue weighted by Gasteiger charge is -2.17. The van der Waals surface area contributed by atoms with Crippen LogP contribution >= 0.6 is 0 Å². The van der Waals surface area contributed by atoms with E-state index >= 15 is 0 Å². The molecule has 2 rings (SSSR count). The third-order valence-corrected chi connectivity index (χ3v) is 5.68. The first-order chi connectivity index (χ1) is 11.3. The zero-order chi connectivity index (χ0) is 17.7. The predicted octanol–water partition coefficient (Wildman–Crippen LogP) is 2.24. The first-order valence-electron chi connectivity index (χ1n) is 7.65. The second kappa shape index (κ2) is 7.59. The van der Waals surface area contributed by atoms with Crippen molar-refractivity contribution in [2.75, 3.05) is 13.6 Å². The third kappa shape index (κ3) is 4.43. The van der Waals surface area contributed by atoms with Gasteiger partial charge in [0, 0.05) is 13.6 Å². The van der Waals surface area contributed by atoms with Crippen LogP contribution < -0.4 is 5.32 Å². The molecular formula is C18H22N2O3S. The number of nitrogens with zero attached hydrogens (tertiary/aromatic N) is 1. The third-order valence-electron chi connectivity index (χ3n) is 3.89. The van der Waals surface area contributed by atoms with E-state index in [-0.39, 0.29) is 17.3 Å². The maximum Gasteiger partial charge on any atom is 0.243 e. The highest BCUT2D eigenvalue weighted by Gasteiger charge is 2.23. The molecule has 0 fully saturated rings. The van der Waals surface area contributed by atoms with Crippen LogP contribution in [0.1, 0.15) is 16.7 Å². The lowest BCUT2D eigenvalue weighted by Crippen LogP contribution is -2.38. The van der Waals surface area contributed by atoms with E-state index in [2.05, 4.69) is 5.32 Å². The van der Waals surface area contributed by atoms with E-state index in [4.69, 9.17) is 0 Å². The van der Waals surface area contributed by atoms with Crippen molar-refractivity contribution in [1.82, 2.24) is 9.62 Å². The number of aryl methyl sites for hydroxylation is 2. The Kier molecular flexibility index (Phi) is 5.75. The number of carbonyl (C=O) groups is 1. The van der Waals surface area contributed by atoms with E-state index in [1.807, 2.05) is 44.2 Å². The summed E-state index contributed by atoms with van der Waals surface area (Å²) in [6, 6.07) is 14.4. The average molecular weight is 346 g/mol. The van der Waals surface area contributed by atoms with Crippen LogP contribution in [0.5, 0.6) is 0 Å². The van der Waals surface area contributed by atoms with E-state index in [0.29, 0.717) is 6.54 Å². The normalized spacial score (nSPS) is 11.5. The molecule has 0 saturated heterocycles. The average Bonchev–Trinajstić information content (AvgIpc) is 2.56. The summed E-state index contributed by atoms with van der Waals surface area (Å²) in [5, 5.41) is 2.73. The predicted molar refractivity (Wildman–Crippen MR) is 94.0 cm³/mol. The fourth-order valence-electron chi connectivity index (χ4n) is 2.19. The van der Waals surface area contributed by atoms with Crippen molar-refractivity contribution < 1.29 is 13.2 Å². The van der Waals surface area contributed by atoms with Crippen LogP contribution in [0.3, 0.4) is 0 Å². The summed E-state index contributed by atoms with van der Waals surface area (Å²) < 4.78 is 26.2. The molecule has 0 aliphatic heterocycles. The molecule has 0 heterocycles. The van der Waals surface area contributed by atoms with Crippen LogP contribution in [0.4, 0.5) is 0 Å². The van der Waals surface area contributed by atoms with E-state index in [9.17, 15) is 13.2 Å². The number of likely N-dealkylation sites (N-methyl/N-ethyl adjacent to an activating group) is 1. The number of rotatable bonds is 6. The second-order valence-electron chi connectivity index (χ2n) is 5.77. The smallest absolute Gasteiger partial charge is 0.243 e. The highest BCUT2D eigenvalue weighted by Crippen LogP contribution is 2.18. The van der Waals surface area contributed by atoms with Gasteiger partial charge in [-0.15, -0.1) is 0 Å². The van der Waals surface area contributed by atoms with E-state index in [1.165, 1.54) is 7.05 Å². The Morgan fingerprint density at radius 2 is 1.71 bits per heavy atom. The lowest BCUT2D eigenvalue weighted by atomic mass is 10.1. The summed E-state index contributed by atoms with van der Waals surface area (Å²) in [5.74, 6) is -0.339. The SMILES string of the molecule is Cc1ccc(S(=O)(=O)N(C)CC(=O)NCc2ccccc2)cc1C. The quantitative estimate of drug-likeness (QED) is 0.872. The number of nitrogens with one attached hydrogen (secondary N) is 1. The van der Waals surface area contributed by atoms with Gasteiger partial charge in [-0.05, 0) is 42.7 Å². The van der Waals surface area contributed by atoms with Crippen molar-refractivity contribution >= 4 is 15.9 Å². The Bertz CT molecular complexity index is 817. The Hall–Kier alpha value is -2.18.